The summed E-state index contributed by atoms with van der Waals surface area (Å²) < 4.78 is 22.9. The van der Waals surface area contributed by atoms with Crippen LogP contribution in [0.5, 0.6) is 0 Å². The molecular weight excluding hydrogens is 323 g/mol. The Kier molecular flexibility index (Phi) is 4.27. The van der Waals surface area contributed by atoms with Gasteiger partial charge in [0.2, 0.25) is 0 Å². The highest BCUT2D eigenvalue weighted by Crippen LogP contribution is 2.69. The number of rotatable bonds is 3. The van der Waals surface area contributed by atoms with Gasteiger partial charge in [0.05, 0.1) is 36.3 Å². The maximum Gasteiger partial charge on any atom is 0.463 e. The average molecular weight is 352 g/mol. The number of ether oxygens (including phenoxy) is 2. The first-order valence-corrected chi connectivity index (χ1v) is 9.09. The highest BCUT2D eigenvalue weighted by atomic mass is 16.7. The molecule has 140 valence electrons. The van der Waals surface area contributed by atoms with Crippen molar-refractivity contribution in [2.24, 2.45) is 10.8 Å². The van der Waals surface area contributed by atoms with Crippen LogP contribution in [0.3, 0.4) is 0 Å². The molecule has 0 aromatic carbocycles. The molecule has 3 aliphatic rings. The lowest BCUT2D eigenvalue weighted by Crippen LogP contribution is -2.52. The zero-order chi connectivity index (χ0) is 18.7. The second-order valence-corrected chi connectivity index (χ2v) is 8.75. The minimum absolute atomic E-state index is 0.266. The standard InChI is InChI=1S/C18H29BO6/c1-15(2)16(3,4)25-19(24-15)12-17(13(20)22-5)8-7-9-18(12,11-10-17)14(21)23-6/h12H,7-11H2,1-6H3. The molecule has 0 amide bonds. The van der Waals surface area contributed by atoms with E-state index in [-0.39, 0.29) is 11.9 Å². The Bertz CT molecular complexity index is 540. The third-order valence-corrected chi connectivity index (χ3v) is 7.18. The average Bonchev–Trinajstić information content (AvgIpc) is 2.90. The van der Waals surface area contributed by atoms with Crippen LogP contribution in [0.15, 0.2) is 0 Å². The number of carbonyl (C=O) groups is 2. The van der Waals surface area contributed by atoms with Crippen LogP contribution in [0, 0.1) is 10.8 Å². The Morgan fingerprint density at radius 3 is 1.60 bits per heavy atom. The van der Waals surface area contributed by atoms with Crippen LogP contribution in [0.4, 0.5) is 0 Å². The van der Waals surface area contributed by atoms with Crippen LogP contribution in [0.1, 0.15) is 59.8 Å². The number of hydrogen-bond donors (Lipinski definition) is 0. The second kappa shape index (κ2) is 5.71. The molecule has 2 saturated carbocycles. The first-order valence-electron chi connectivity index (χ1n) is 9.09. The molecule has 0 spiro atoms. The summed E-state index contributed by atoms with van der Waals surface area (Å²) >= 11 is 0. The molecule has 0 radical (unpaired) electrons. The molecular formula is C18H29BO6. The molecule has 7 heteroatoms. The van der Waals surface area contributed by atoms with Crippen molar-refractivity contribution in [1.29, 1.82) is 0 Å². The van der Waals surface area contributed by atoms with E-state index in [1.165, 1.54) is 14.2 Å². The van der Waals surface area contributed by atoms with Gasteiger partial charge in [0.25, 0.3) is 0 Å². The summed E-state index contributed by atoms with van der Waals surface area (Å²) in [5, 5.41) is 0. The van der Waals surface area contributed by atoms with Crippen molar-refractivity contribution in [2.75, 3.05) is 14.2 Å². The van der Waals surface area contributed by atoms with Gasteiger partial charge in [0.15, 0.2) is 0 Å². The third kappa shape index (κ3) is 2.38. The highest BCUT2D eigenvalue weighted by molar-refractivity contribution is 6.49. The van der Waals surface area contributed by atoms with Gasteiger partial charge < -0.3 is 18.8 Å². The molecule has 0 aromatic rings. The molecule has 2 atom stereocenters. The second-order valence-electron chi connectivity index (χ2n) is 8.75. The Morgan fingerprint density at radius 1 is 0.840 bits per heavy atom. The molecule has 1 aliphatic heterocycles. The number of carbonyl (C=O) groups excluding carboxylic acids is 2. The van der Waals surface area contributed by atoms with Gasteiger partial charge in [-0.15, -0.1) is 0 Å². The number of esters is 2. The van der Waals surface area contributed by atoms with Crippen molar-refractivity contribution in [3.05, 3.63) is 0 Å². The van der Waals surface area contributed by atoms with Crippen LogP contribution in [-0.4, -0.2) is 44.5 Å². The van der Waals surface area contributed by atoms with E-state index in [1.54, 1.807) is 0 Å². The Morgan fingerprint density at radius 2 is 1.24 bits per heavy atom. The largest absolute Gasteiger partial charge is 0.469 e. The van der Waals surface area contributed by atoms with Gasteiger partial charge in [0, 0.05) is 5.82 Å². The summed E-state index contributed by atoms with van der Waals surface area (Å²) in [5.74, 6) is -0.926. The molecule has 2 aliphatic carbocycles. The molecule has 1 heterocycles. The Labute approximate surface area is 150 Å². The fourth-order valence-corrected chi connectivity index (χ4v) is 5.18. The quantitative estimate of drug-likeness (QED) is 0.575. The van der Waals surface area contributed by atoms with Crippen molar-refractivity contribution in [1.82, 2.24) is 0 Å². The van der Waals surface area contributed by atoms with Gasteiger partial charge in [-0.05, 0) is 53.4 Å². The predicted octanol–water partition coefficient (Wildman–Crippen LogP) is 2.75. The lowest BCUT2D eigenvalue weighted by Gasteiger charge is -2.44. The minimum atomic E-state index is -0.748. The van der Waals surface area contributed by atoms with E-state index < -0.39 is 35.0 Å². The molecule has 2 bridgehead atoms. The Balaban J connectivity index is 2.08. The topological polar surface area (TPSA) is 71.1 Å². The van der Waals surface area contributed by atoms with E-state index in [1.807, 2.05) is 27.7 Å². The van der Waals surface area contributed by atoms with Crippen LogP contribution in [0.25, 0.3) is 0 Å². The monoisotopic (exact) mass is 352 g/mol. The molecule has 6 nitrogen and oxygen atoms in total. The smallest absolute Gasteiger partial charge is 0.463 e. The lowest BCUT2D eigenvalue weighted by atomic mass is 9.46. The molecule has 0 N–H and O–H groups in total. The molecule has 0 aromatic heterocycles. The Hall–Kier alpha value is -1.08. The molecule has 1 saturated heterocycles. The van der Waals surface area contributed by atoms with E-state index in [0.29, 0.717) is 25.7 Å². The van der Waals surface area contributed by atoms with E-state index in [4.69, 9.17) is 18.8 Å². The van der Waals surface area contributed by atoms with Crippen molar-refractivity contribution < 1.29 is 28.4 Å². The molecule has 2 unspecified atom stereocenters. The SMILES string of the molecule is COC(=O)C12CCCC(C(=O)OC)(CC1)C2B1OC(C)(C)C(C)(C)O1. The van der Waals surface area contributed by atoms with Crippen molar-refractivity contribution >= 4 is 19.1 Å². The van der Waals surface area contributed by atoms with Gasteiger partial charge in [-0.25, -0.2) is 0 Å². The van der Waals surface area contributed by atoms with Gasteiger partial charge >= 0.3 is 19.1 Å². The van der Waals surface area contributed by atoms with E-state index in [9.17, 15) is 9.59 Å². The molecule has 3 rings (SSSR count). The fraction of sp³-hybridized carbons (Fsp3) is 0.889. The summed E-state index contributed by atoms with van der Waals surface area (Å²) in [6.07, 6.45) is 3.37. The zero-order valence-corrected chi connectivity index (χ0v) is 16.1. The van der Waals surface area contributed by atoms with E-state index in [0.717, 1.165) is 6.42 Å². The maximum absolute atomic E-state index is 12.8. The van der Waals surface area contributed by atoms with Crippen LogP contribution < -0.4 is 0 Å². The third-order valence-electron chi connectivity index (χ3n) is 7.18. The fourth-order valence-electron chi connectivity index (χ4n) is 5.18. The van der Waals surface area contributed by atoms with E-state index >= 15 is 0 Å². The van der Waals surface area contributed by atoms with Gasteiger partial charge in [-0.3, -0.25) is 9.59 Å². The van der Waals surface area contributed by atoms with Crippen molar-refractivity contribution in [2.45, 2.75) is 76.8 Å². The van der Waals surface area contributed by atoms with E-state index in [2.05, 4.69) is 0 Å². The predicted molar refractivity (Wildman–Crippen MR) is 91.8 cm³/mol. The van der Waals surface area contributed by atoms with Crippen molar-refractivity contribution in [3.63, 3.8) is 0 Å². The summed E-state index contributed by atoms with van der Waals surface area (Å²) in [5.41, 5.74) is -2.54. The van der Waals surface area contributed by atoms with Crippen molar-refractivity contribution in [3.8, 4) is 0 Å². The van der Waals surface area contributed by atoms with Crippen LogP contribution in [0.2, 0.25) is 5.82 Å². The molecule has 25 heavy (non-hydrogen) atoms. The van der Waals surface area contributed by atoms with Gasteiger partial charge in [-0.2, -0.15) is 0 Å². The van der Waals surface area contributed by atoms with Crippen LogP contribution >= 0.6 is 0 Å². The van der Waals surface area contributed by atoms with Gasteiger partial charge in [0.1, 0.15) is 0 Å². The first-order chi connectivity index (χ1) is 11.6. The normalized spacial score (nSPS) is 38.5. The summed E-state index contributed by atoms with van der Waals surface area (Å²) in [7, 11) is 2.18. The van der Waals surface area contributed by atoms with Gasteiger partial charge in [-0.1, -0.05) is 6.42 Å². The maximum atomic E-state index is 12.8. The summed E-state index contributed by atoms with van der Waals surface area (Å²) in [6, 6.07) is 0. The number of methoxy groups -OCH3 is 2. The number of hydrogen-bond acceptors (Lipinski definition) is 6. The minimum Gasteiger partial charge on any atom is -0.469 e. The summed E-state index contributed by atoms with van der Waals surface area (Å²) in [6.45, 7) is 7.92. The number of fused-ring (bicyclic) bond motifs is 2. The first kappa shape index (κ1) is 18.7. The zero-order valence-electron chi connectivity index (χ0n) is 16.1. The van der Waals surface area contributed by atoms with Crippen LogP contribution in [-0.2, 0) is 28.4 Å². The highest BCUT2D eigenvalue weighted by Gasteiger charge is 2.73. The summed E-state index contributed by atoms with van der Waals surface area (Å²) in [4.78, 5) is 25.6. The lowest BCUT2D eigenvalue weighted by molar-refractivity contribution is -0.161. The molecule has 3 fully saturated rings.